The van der Waals surface area contributed by atoms with E-state index in [1.165, 1.54) is 0 Å². The van der Waals surface area contributed by atoms with Crippen LogP contribution in [0, 0.1) is 11.3 Å². The maximum absolute atomic E-state index is 10.3. The van der Waals surface area contributed by atoms with Crippen LogP contribution in [0.3, 0.4) is 0 Å². The molecule has 114 valence electrons. The van der Waals surface area contributed by atoms with Crippen molar-refractivity contribution in [2.75, 3.05) is 0 Å². The van der Waals surface area contributed by atoms with Gasteiger partial charge in [-0.25, -0.2) is 4.98 Å². The Hall–Kier alpha value is -3.58. The Morgan fingerprint density at radius 1 is 1.04 bits per heavy atom. The third-order valence-electron chi connectivity index (χ3n) is 4.00. The van der Waals surface area contributed by atoms with Crippen molar-refractivity contribution in [1.29, 1.82) is 5.26 Å². The number of benzene rings is 3. The molecule has 0 aliphatic carbocycles. The molecule has 1 heterocycles. The van der Waals surface area contributed by atoms with E-state index >= 15 is 0 Å². The number of nitriles is 1. The SMILES string of the molecule is N#C/C(=C/c1c(O)ccc2ccccc12)c1nc2ccccc2[nH]1. The van der Waals surface area contributed by atoms with Gasteiger partial charge in [-0.05, 0) is 35.0 Å². The van der Waals surface area contributed by atoms with Crippen molar-refractivity contribution >= 4 is 33.5 Å². The first-order chi connectivity index (χ1) is 11.8. The van der Waals surface area contributed by atoms with Crippen LogP contribution in [-0.2, 0) is 0 Å². The molecular weight excluding hydrogens is 298 g/mol. The van der Waals surface area contributed by atoms with Gasteiger partial charge in [0.2, 0.25) is 0 Å². The van der Waals surface area contributed by atoms with Crippen molar-refractivity contribution in [2.24, 2.45) is 0 Å². The molecule has 4 heteroatoms. The van der Waals surface area contributed by atoms with Crippen molar-refractivity contribution in [2.45, 2.75) is 0 Å². The van der Waals surface area contributed by atoms with Crippen molar-refractivity contribution in [3.8, 4) is 11.8 Å². The smallest absolute Gasteiger partial charge is 0.149 e. The zero-order valence-corrected chi connectivity index (χ0v) is 12.7. The van der Waals surface area contributed by atoms with Gasteiger partial charge in [-0.1, -0.05) is 42.5 Å². The number of nitrogens with zero attached hydrogens (tertiary/aromatic N) is 2. The predicted molar refractivity (Wildman–Crippen MR) is 95.2 cm³/mol. The van der Waals surface area contributed by atoms with Crippen LogP contribution in [0.5, 0.6) is 5.75 Å². The maximum Gasteiger partial charge on any atom is 0.149 e. The zero-order valence-electron chi connectivity index (χ0n) is 12.7. The highest BCUT2D eigenvalue weighted by atomic mass is 16.3. The molecule has 0 aliphatic rings. The molecule has 0 bridgehead atoms. The van der Waals surface area contributed by atoms with Crippen LogP contribution in [0.15, 0.2) is 60.7 Å². The highest BCUT2D eigenvalue weighted by molar-refractivity contribution is 6.00. The Morgan fingerprint density at radius 3 is 2.67 bits per heavy atom. The number of imidazole rings is 1. The van der Waals surface area contributed by atoms with Crippen LogP contribution >= 0.6 is 0 Å². The number of aromatic nitrogens is 2. The fourth-order valence-corrected chi connectivity index (χ4v) is 2.81. The first-order valence-electron chi connectivity index (χ1n) is 7.54. The Labute approximate surface area is 138 Å². The van der Waals surface area contributed by atoms with Gasteiger partial charge in [0.1, 0.15) is 17.6 Å². The molecule has 4 rings (SSSR count). The summed E-state index contributed by atoms with van der Waals surface area (Å²) in [5.41, 5.74) is 2.66. The van der Waals surface area contributed by atoms with Crippen molar-refractivity contribution in [1.82, 2.24) is 9.97 Å². The van der Waals surface area contributed by atoms with Crippen molar-refractivity contribution < 1.29 is 5.11 Å². The summed E-state index contributed by atoms with van der Waals surface area (Å²) in [5, 5.41) is 21.7. The number of aromatic hydroxyl groups is 1. The van der Waals surface area contributed by atoms with E-state index in [-0.39, 0.29) is 5.75 Å². The molecule has 0 spiro atoms. The van der Waals surface area contributed by atoms with E-state index in [0.717, 1.165) is 21.8 Å². The lowest BCUT2D eigenvalue weighted by Gasteiger charge is -2.05. The van der Waals surface area contributed by atoms with Gasteiger partial charge in [0.15, 0.2) is 0 Å². The molecule has 0 unspecified atom stereocenters. The van der Waals surface area contributed by atoms with Gasteiger partial charge in [-0.15, -0.1) is 0 Å². The summed E-state index contributed by atoms with van der Waals surface area (Å²) in [5.74, 6) is 0.628. The summed E-state index contributed by atoms with van der Waals surface area (Å²) in [6, 6.07) is 21.0. The number of para-hydroxylation sites is 2. The topological polar surface area (TPSA) is 72.7 Å². The van der Waals surface area contributed by atoms with Crippen LogP contribution in [-0.4, -0.2) is 15.1 Å². The molecule has 4 nitrogen and oxygen atoms in total. The predicted octanol–water partition coefficient (Wildman–Crippen LogP) is 4.49. The van der Waals surface area contributed by atoms with Crippen LogP contribution in [0.25, 0.3) is 33.5 Å². The monoisotopic (exact) mass is 311 g/mol. The minimum absolute atomic E-state index is 0.137. The lowest BCUT2D eigenvalue weighted by molar-refractivity contribution is 0.475. The summed E-state index contributed by atoms with van der Waals surface area (Å²) in [7, 11) is 0. The standard InChI is InChI=1S/C20H13N3O/c21-12-14(20-22-17-7-3-4-8-18(17)23-20)11-16-15-6-2-1-5-13(15)9-10-19(16)24/h1-11,24H,(H,22,23)/b14-11-. The quantitative estimate of drug-likeness (QED) is 0.536. The number of hydrogen-bond donors (Lipinski definition) is 2. The molecule has 0 atom stereocenters. The molecule has 2 N–H and O–H groups in total. The first-order valence-corrected chi connectivity index (χ1v) is 7.54. The molecule has 3 aromatic carbocycles. The third-order valence-corrected chi connectivity index (χ3v) is 4.00. The summed E-state index contributed by atoms with van der Waals surface area (Å²) in [4.78, 5) is 7.61. The Balaban J connectivity index is 1.93. The number of rotatable bonds is 2. The van der Waals surface area contributed by atoms with Crippen molar-refractivity contribution in [3.63, 3.8) is 0 Å². The van der Waals surface area contributed by atoms with Gasteiger partial charge in [-0.3, -0.25) is 0 Å². The highest BCUT2D eigenvalue weighted by Crippen LogP contribution is 2.30. The molecule has 0 saturated heterocycles. The Bertz CT molecular complexity index is 1100. The molecular formula is C20H13N3O. The van der Waals surface area contributed by atoms with Gasteiger partial charge >= 0.3 is 0 Å². The average Bonchev–Trinajstić information content (AvgIpc) is 3.05. The van der Waals surface area contributed by atoms with Gasteiger partial charge < -0.3 is 10.1 Å². The van der Waals surface area contributed by atoms with E-state index < -0.39 is 0 Å². The second-order valence-corrected chi connectivity index (χ2v) is 5.49. The zero-order chi connectivity index (χ0) is 16.5. The average molecular weight is 311 g/mol. The molecule has 4 aromatic rings. The number of phenols is 1. The first kappa shape index (κ1) is 14.0. The van der Waals surface area contributed by atoms with Crippen LogP contribution < -0.4 is 0 Å². The molecule has 0 fully saturated rings. The fraction of sp³-hybridized carbons (Fsp3) is 0. The molecule has 0 saturated carbocycles. The fourth-order valence-electron chi connectivity index (χ4n) is 2.81. The summed E-state index contributed by atoms with van der Waals surface area (Å²) >= 11 is 0. The number of aromatic amines is 1. The minimum Gasteiger partial charge on any atom is -0.507 e. The lowest BCUT2D eigenvalue weighted by Crippen LogP contribution is -1.87. The number of phenolic OH excluding ortho intramolecular Hbond substituents is 1. The van der Waals surface area contributed by atoms with Gasteiger partial charge in [0.05, 0.1) is 16.6 Å². The maximum atomic E-state index is 10.3. The Kier molecular flexibility index (Phi) is 3.25. The van der Waals surface area contributed by atoms with Gasteiger partial charge in [0, 0.05) is 5.56 Å². The largest absolute Gasteiger partial charge is 0.507 e. The van der Waals surface area contributed by atoms with E-state index in [1.54, 1.807) is 12.1 Å². The number of hydrogen-bond acceptors (Lipinski definition) is 3. The normalized spacial score (nSPS) is 11.7. The summed E-state index contributed by atoms with van der Waals surface area (Å²) in [6.07, 6.45) is 1.68. The second kappa shape index (κ2) is 5.56. The van der Waals surface area contributed by atoms with Crippen LogP contribution in [0.2, 0.25) is 0 Å². The minimum atomic E-state index is 0.137. The second-order valence-electron chi connectivity index (χ2n) is 5.49. The van der Waals surface area contributed by atoms with E-state index in [2.05, 4.69) is 16.0 Å². The molecule has 0 radical (unpaired) electrons. The molecule has 1 aromatic heterocycles. The molecule has 0 amide bonds. The van der Waals surface area contributed by atoms with E-state index in [0.29, 0.717) is 17.0 Å². The molecule has 24 heavy (non-hydrogen) atoms. The van der Waals surface area contributed by atoms with Crippen LogP contribution in [0.1, 0.15) is 11.4 Å². The van der Waals surface area contributed by atoms with E-state index in [4.69, 9.17) is 0 Å². The molecule has 0 aliphatic heterocycles. The Morgan fingerprint density at radius 2 is 1.83 bits per heavy atom. The van der Waals surface area contributed by atoms with Crippen molar-refractivity contribution in [3.05, 3.63) is 72.1 Å². The number of fused-ring (bicyclic) bond motifs is 2. The third kappa shape index (κ3) is 2.29. The number of nitrogens with one attached hydrogen (secondary N) is 1. The highest BCUT2D eigenvalue weighted by Gasteiger charge is 2.11. The number of allylic oxidation sites excluding steroid dienone is 1. The van der Waals surface area contributed by atoms with Crippen LogP contribution in [0.4, 0.5) is 0 Å². The summed E-state index contributed by atoms with van der Waals surface area (Å²) in [6.45, 7) is 0. The lowest BCUT2D eigenvalue weighted by atomic mass is 10.0. The van der Waals surface area contributed by atoms with E-state index in [1.807, 2.05) is 54.6 Å². The summed E-state index contributed by atoms with van der Waals surface area (Å²) < 4.78 is 0. The van der Waals surface area contributed by atoms with Gasteiger partial charge in [-0.2, -0.15) is 5.26 Å². The van der Waals surface area contributed by atoms with E-state index in [9.17, 15) is 10.4 Å². The number of H-pyrrole nitrogens is 1. The van der Waals surface area contributed by atoms with Gasteiger partial charge in [0.25, 0.3) is 0 Å².